The van der Waals surface area contributed by atoms with Crippen LogP contribution in [0.5, 0.6) is 0 Å². The lowest BCUT2D eigenvalue weighted by molar-refractivity contribution is -0.384. The molecule has 1 saturated carbocycles. The van der Waals surface area contributed by atoms with Crippen LogP contribution in [-0.4, -0.2) is 21.5 Å². The molecule has 1 fully saturated rings. The minimum absolute atomic E-state index is 0.0524. The molecule has 1 aromatic heterocycles. The van der Waals surface area contributed by atoms with Gasteiger partial charge < -0.3 is 0 Å². The largest absolute Gasteiger partial charge is 0.298 e. The number of hydrogen-bond acceptors (Lipinski definition) is 5. The second-order valence-electron chi connectivity index (χ2n) is 6.00. The molecule has 0 bridgehead atoms. The molecule has 0 amide bonds. The lowest BCUT2D eigenvalue weighted by Crippen LogP contribution is -2.46. The summed E-state index contributed by atoms with van der Waals surface area (Å²) in [4.78, 5) is 40.8. The molecule has 2 aromatic rings. The third kappa shape index (κ3) is 2.93. The molecule has 3 rings (SSSR count). The van der Waals surface area contributed by atoms with Crippen LogP contribution in [0.15, 0.2) is 42.6 Å². The van der Waals surface area contributed by atoms with Crippen molar-refractivity contribution in [3.8, 4) is 0 Å². The van der Waals surface area contributed by atoms with Crippen molar-refractivity contribution in [2.24, 2.45) is 0 Å². The van der Waals surface area contributed by atoms with Gasteiger partial charge in [0.1, 0.15) is 10.4 Å². The third-order valence-corrected chi connectivity index (χ3v) is 4.90. The second kappa shape index (κ2) is 6.72. The molecule has 1 heterocycles. The van der Waals surface area contributed by atoms with E-state index >= 15 is 0 Å². The summed E-state index contributed by atoms with van der Waals surface area (Å²) in [5.41, 5.74) is -1.26. The fourth-order valence-electron chi connectivity index (χ4n) is 3.31. The molecule has 0 saturated heterocycles. The number of hydrogen-bond donors (Lipinski definition) is 0. The zero-order valence-electron chi connectivity index (χ0n) is 13.3. The minimum Gasteiger partial charge on any atom is -0.298 e. The molecule has 0 N–H and O–H groups in total. The van der Waals surface area contributed by atoms with Gasteiger partial charge in [0, 0.05) is 24.2 Å². The lowest BCUT2D eigenvalue weighted by atomic mass is 9.66. The summed E-state index contributed by atoms with van der Waals surface area (Å²) >= 11 is 5.83. The van der Waals surface area contributed by atoms with E-state index in [0.29, 0.717) is 18.5 Å². The molecule has 1 aliphatic carbocycles. The van der Waals surface area contributed by atoms with Gasteiger partial charge in [-0.15, -0.1) is 0 Å². The van der Waals surface area contributed by atoms with Crippen LogP contribution in [-0.2, 0) is 10.2 Å². The van der Waals surface area contributed by atoms with Gasteiger partial charge in [-0.1, -0.05) is 24.1 Å². The van der Waals surface area contributed by atoms with Crippen molar-refractivity contribution >= 4 is 28.9 Å². The average Bonchev–Trinajstić information content (AvgIpc) is 2.62. The SMILES string of the molecule is O=C1CCCC[C@]1(C(=O)c1ccc(Cl)c([N+](=O)[O-])c1)c1ccccn1. The molecule has 128 valence electrons. The van der Waals surface area contributed by atoms with Crippen LogP contribution >= 0.6 is 11.6 Å². The fourth-order valence-corrected chi connectivity index (χ4v) is 3.50. The highest BCUT2D eigenvalue weighted by molar-refractivity contribution is 6.33. The number of aromatic nitrogens is 1. The highest BCUT2D eigenvalue weighted by Crippen LogP contribution is 2.39. The van der Waals surface area contributed by atoms with Gasteiger partial charge in [0.25, 0.3) is 5.69 Å². The number of halogens is 1. The van der Waals surface area contributed by atoms with Gasteiger partial charge >= 0.3 is 0 Å². The molecule has 6 nitrogen and oxygen atoms in total. The van der Waals surface area contributed by atoms with Gasteiger partial charge in [0.05, 0.1) is 10.6 Å². The molecular weight excluding hydrogens is 344 g/mol. The van der Waals surface area contributed by atoms with Crippen LogP contribution in [0.25, 0.3) is 0 Å². The number of rotatable bonds is 4. The third-order valence-electron chi connectivity index (χ3n) is 4.58. The lowest BCUT2D eigenvalue weighted by Gasteiger charge is -2.33. The highest BCUT2D eigenvalue weighted by Gasteiger charge is 2.49. The maximum Gasteiger partial charge on any atom is 0.288 e. The number of carbonyl (C=O) groups is 2. The minimum atomic E-state index is -1.39. The smallest absolute Gasteiger partial charge is 0.288 e. The predicted octanol–water partition coefficient (Wildman–Crippen LogP) is 3.91. The normalized spacial score (nSPS) is 20.3. The van der Waals surface area contributed by atoms with Crippen molar-refractivity contribution in [2.45, 2.75) is 31.1 Å². The Morgan fingerprint density at radius 3 is 2.68 bits per heavy atom. The maximum atomic E-state index is 13.3. The van der Waals surface area contributed by atoms with Crippen LogP contribution < -0.4 is 0 Å². The summed E-state index contributed by atoms with van der Waals surface area (Å²) in [6.07, 6.45) is 3.61. The Morgan fingerprint density at radius 1 is 1.24 bits per heavy atom. The number of carbonyl (C=O) groups excluding carboxylic acids is 2. The van der Waals surface area contributed by atoms with E-state index in [4.69, 9.17) is 11.6 Å². The molecule has 0 aliphatic heterocycles. The first-order valence-electron chi connectivity index (χ1n) is 7.90. The summed E-state index contributed by atoms with van der Waals surface area (Å²) in [5.74, 6) is -0.657. The van der Waals surface area contributed by atoms with Gasteiger partial charge in [0.15, 0.2) is 11.6 Å². The number of benzene rings is 1. The van der Waals surface area contributed by atoms with Crippen LogP contribution in [0.3, 0.4) is 0 Å². The summed E-state index contributed by atoms with van der Waals surface area (Å²) in [5, 5.41) is 11.1. The monoisotopic (exact) mass is 358 g/mol. The van der Waals surface area contributed by atoms with Crippen molar-refractivity contribution in [3.63, 3.8) is 0 Å². The Hall–Kier alpha value is -2.60. The first kappa shape index (κ1) is 17.2. The Morgan fingerprint density at radius 2 is 2.04 bits per heavy atom. The van der Waals surface area contributed by atoms with E-state index in [0.717, 1.165) is 12.5 Å². The molecule has 1 aliphatic rings. The molecule has 1 atom stereocenters. The van der Waals surface area contributed by atoms with Gasteiger partial charge in [-0.3, -0.25) is 24.7 Å². The maximum absolute atomic E-state index is 13.3. The number of Topliss-reactive ketones (excluding diaryl/α,β-unsaturated/α-hetero) is 2. The molecule has 0 unspecified atom stereocenters. The van der Waals surface area contributed by atoms with E-state index in [9.17, 15) is 19.7 Å². The van der Waals surface area contributed by atoms with Crippen LogP contribution in [0.2, 0.25) is 5.02 Å². The Balaban J connectivity index is 2.15. The standard InChI is InChI=1S/C18H15ClN2O4/c19-13-8-7-12(11-14(13)21(24)25)17(23)18(9-3-1-6-16(18)22)15-5-2-4-10-20-15/h2,4-5,7-8,10-11H,1,3,6,9H2/t18-/m0/s1. The number of ketones is 2. The van der Waals surface area contributed by atoms with Crippen molar-refractivity contribution in [2.75, 3.05) is 0 Å². The Bertz CT molecular complexity index is 853. The van der Waals surface area contributed by atoms with Gasteiger partial charge in [-0.25, -0.2) is 0 Å². The average molecular weight is 359 g/mol. The van der Waals surface area contributed by atoms with E-state index in [1.165, 1.54) is 18.3 Å². The molecule has 7 heteroatoms. The summed E-state index contributed by atoms with van der Waals surface area (Å²) in [7, 11) is 0. The van der Waals surface area contributed by atoms with Gasteiger partial charge in [0.2, 0.25) is 0 Å². The van der Waals surface area contributed by atoms with Gasteiger partial charge in [-0.2, -0.15) is 0 Å². The van der Waals surface area contributed by atoms with E-state index in [-0.39, 0.29) is 28.5 Å². The van der Waals surface area contributed by atoms with Crippen LogP contribution in [0.1, 0.15) is 41.7 Å². The number of pyridine rings is 1. The van der Waals surface area contributed by atoms with E-state index < -0.39 is 16.1 Å². The Kier molecular flexibility index (Phi) is 4.63. The summed E-state index contributed by atoms with van der Waals surface area (Å²) in [6.45, 7) is 0. The summed E-state index contributed by atoms with van der Waals surface area (Å²) < 4.78 is 0. The second-order valence-corrected chi connectivity index (χ2v) is 6.41. The van der Waals surface area contributed by atoms with E-state index in [1.54, 1.807) is 18.2 Å². The molecular formula is C18H15ClN2O4. The molecule has 25 heavy (non-hydrogen) atoms. The Labute approximate surface area is 149 Å². The molecule has 0 radical (unpaired) electrons. The molecule has 1 aromatic carbocycles. The van der Waals surface area contributed by atoms with Crippen molar-refractivity contribution in [3.05, 3.63) is 69.0 Å². The topological polar surface area (TPSA) is 90.2 Å². The quantitative estimate of drug-likeness (QED) is 0.357. The zero-order valence-corrected chi connectivity index (χ0v) is 14.0. The van der Waals surface area contributed by atoms with Crippen LogP contribution in [0, 0.1) is 10.1 Å². The predicted molar refractivity (Wildman–Crippen MR) is 91.8 cm³/mol. The van der Waals surface area contributed by atoms with Crippen molar-refractivity contribution in [1.82, 2.24) is 4.98 Å². The van der Waals surface area contributed by atoms with Crippen LogP contribution in [0.4, 0.5) is 5.69 Å². The van der Waals surface area contributed by atoms with Crippen molar-refractivity contribution in [1.29, 1.82) is 0 Å². The van der Waals surface area contributed by atoms with E-state index in [1.807, 2.05) is 0 Å². The first-order valence-corrected chi connectivity index (χ1v) is 8.28. The number of nitrogens with zero attached hydrogens (tertiary/aromatic N) is 2. The molecule has 0 spiro atoms. The number of nitro benzene ring substituents is 1. The van der Waals surface area contributed by atoms with E-state index in [2.05, 4.69) is 4.98 Å². The zero-order chi connectivity index (χ0) is 18.0. The summed E-state index contributed by atoms with van der Waals surface area (Å²) in [6, 6.07) is 8.96. The fraction of sp³-hybridized carbons (Fsp3) is 0.278. The van der Waals surface area contributed by atoms with Crippen molar-refractivity contribution < 1.29 is 14.5 Å². The highest BCUT2D eigenvalue weighted by atomic mass is 35.5. The number of nitro groups is 1. The first-order chi connectivity index (χ1) is 12.0. The van der Waals surface area contributed by atoms with Gasteiger partial charge in [-0.05, 0) is 37.1 Å².